The van der Waals surface area contributed by atoms with E-state index in [9.17, 15) is 52.7 Å². The number of hydrogen-bond donors (Lipinski definition) is 8. The van der Waals surface area contributed by atoms with Crippen LogP contribution >= 0.6 is 11.6 Å². The van der Waals surface area contributed by atoms with Crippen LogP contribution in [0.5, 0.6) is 5.75 Å². The van der Waals surface area contributed by atoms with E-state index in [0.717, 1.165) is 36.4 Å². The molecule has 6 aromatic rings. The molecular formula is C32H23ClN8O12S4. The predicted octanol–water partition coefficient (Wildman–Crippen LogP) is 4.97. The molecule has 20 nitrogen and oxygen atoms in total. The molecule has 6 rings (SSSR count). The third kappa shape index (κ3) is 9.46. The number of phenolic OH excluding ortho intramolecular Hbond substituents is 1. The Bertz CT molecular complexity index is 3010. The molecule has 0 bridgehead atoms. The Morgan fingerprint density at radius 1 is 0.684 bits per heavy atom. The monoisotopic (exact) mass is 874 g/mol. The highest BCUT2D eigenvalue weighted by atomic mass is 35.5. The van der Waals surface area contributed by atoms with Crippen molar-refractivity contribution >= 4 is 110 Å². The molecule has 25 heteroatoms. The number of nitrogens with zero attached hydrogens (tertiary/aromatic N) is 5. The number of hydrogen-bond acceptors (Lipinski definition) is 17. The van der Waals surface area contributed by atoms with Crippen molar-refractivity contribution in [1.29, 1.82) is 0 Å². The van der Waals surface area contributed by atoms with Gasteiger partial charge >= 0.3 is 0 Å². The van der Waals surface area contributed by atoms with Crippen LogP contribution < -0.4 is 16.0 Å². The summed E-state index contributed by atoms with van der Waals surface area (Å²) >= 11 is 6.07. The third-order valence-corrected chi connectivity index (χ3v) is 10.9. The number of anilines is 5. The molecule has 1 heterocycles. The van der Waals surface area contributed by atoms with E-state index in [-0.39, 0.29) is 49.8 Å². The molecule has 294 valence electrons. The van der Waals surface area contributed by atoms with Crippen LogP contribution in [0.25, 0.3) is 10.8 Å². The molecule has 1 aromatic heterocycles. The van der Waals surface area contributed by atoms with Crippen molar-refractivity contribution in [3.63, 3.8) is 0 Å². The fourth-order valence-electron chi connectivity index (χ4n) is 5.13. The molecule has 57 heavy (non-hydrogen) atoms. The number of carbonyl (C=O) groups is 1. The molecule has 0 saturated heterocycles. The zero-order chi connectivity index (χ0) is 41.2. The Labute approximate surface area is 329 Å². The molecule has 5 aromatic carbocycles. The van der Waals surface area contributed by atoms with Gasteiger partial charge in [0.1, 0.15) is 21.2 Å². The molecule has 0 spiro atoms. The number of thiol groups is 2. The Balaban J connectivity index is 1.43. The van der Waals surface area contributed by atoms with Crippen LogP contribution in [-0.2, 0) is 41.6 Å². The van der Waals surface area contributed by atoms with Crippen LogP contribution in [0.15, 0.2) is 121 Å². The van der Waals surface area contributed by atoms with Crippen molar-refractivity contribution in [2.75, 3.05) is 16.0 Å². The molecule has 0 radical (unpaired) electrons. The lowest BCUT2D eigenvalue weighted by Gasteiger charge is -2.14. The first kappa shape index (κ1) is 40.5. The number of aromatic nitrogens is 3. The van der Waals surface area contributed by atoms with Gasteiger partial charge in [-0.25, -0.2) is 16.8 Å². The standard InChI is InChI=1S/C32H23ClN8O12S4/c33-30-37-31(34-18-6-9-20(10-7-18)54(44)45)39-32(38-30)35-19-8-11-24(56(48,49)50)22(14-19)40-41-27-25(57(51,52)53)13-17-12-21(55(46)47)15-23(26(17)28(27)42)36-29(43)16-4-2-1-3-5-16/h1-15,42,54-55H,(H,36,43)(H,48,49,50)(H,51,52,53)(H2,34,35,37,38,39)/b41-40+. The van der Waals surface area contributed by atoms with E-state index < -0.39 is 79.4 Å². The number of rotatable bonds is 12. The normalized spacial score (nSPS) is 12.0. The van der Waals surface area contributed by atoms with Gasteiger partial charge in [0.2, 0.25) is 17.2 Å². The Morgan fingerprint density at radius 3 is 1.88 bits per heavy atom. The van der Waals surface area contributed by atoms with Gasteiger partial charge in [-0.1, -0.05) is 18.2 Å². The molecule has 0 aliphatic heterocycles. The van der Waals surface area contributed by atoms with Crippen LogP contribution in [-0.4, -0.2) is 68.7 Å². The number of aromatic hydroxyl groups is 1. The number of azo groups is 1. The van der Waals surface area contributed by atoms with E-state index in [1.165, 1.54) is 36.4 Å². The van der Waals surface area contributed by atoms with E-state index in [2.05, 4.69) is 41.1 Å². The zero-order valence-corrected chi connectivity index (χ0v) is 32.2. The lowest BCUT2D eigenvalue weighted by atomic mass is 10.1. The third-order valence-electron chi connectivity index (χ3n) is 7.60. The number of nitrogens with one attached hydrogen (secondary N) is 3. The van der Waals surface area contributed by atoms with Crippen LogP contribution in [0.3, 0.4) is 0 Å². The van der Waals surface area contributed by atoms with E-state index in [1.807, 2.05) is 0 Å². The minimum atomic E-state index is -5.29. The number of halogens is 1. The first-order valence-corrected chi connectivity index (χ1v) is 21.0. The Morgan fingerprint density at radius 2 is 1.28 bits per heavy atom. The second kappa shape index (κ2) is 16.1. The summed E-state index contributed by atoms with van der Waals surface area (Å²) in [4.78, 5) is 22.8. The average molecular weight is 875 g/mol. The molecule has 0 aliphatic carbocycles. The minimum Gasteiger partial charge on any atom is -0.505 e. The second-order valence-electron chi connectivity index (χ2n) is 11.4. The van der Waals surface area contributed by atoms with Gasteiger partial charge in [-0.2, -0.15) is 31.8 Å². The van der Waals surface area contributed by atoms with Gasteiger partial charge < -0.3 is 21.1 Å². The highest BCUT2D eigenvalue weighted by molar-refractivity contribution is 7.86. The van der Waals surface area contributed by atoms with Crippen LogP contribution in [0.2, 0.25) is 5.28 Å². The molecule has 0 unspecified atom stereocenters. The average Bonchev–Trinajstić information content (AvgIpc) is 3.13. The predicted molar refractivity (Wildman–Crippen MR) is 205 cm³/mol. The van der Waals surface area contributed by atoms with Crippen LogP contribution in [0.4, 0.5) is 40.3 Å². The lowest BCUT2D eigenvalue weighted by molar-refractivity contribution is 0.102. The van der Waals surface area contributed by atoms with Crippen LogP contribution in [0, 0.1) is 0 Å². The number of carbonyl (C=O) groups excluding carboxylic acids is 1. The molecule has 0 aliphatic rings. The van der Waals surface area contributed by atoms with E-state index in [1.54, 1.807) is 18.2 Å². The maximum absolute atomic E-state index is 13.1. The number of phenols is 1. The molecular weight excluding hydrogens is 852 g/mol. The molecule has 0 atom stereocenters. The van der Waals surface area contributed by atoms with E-state index in [0.29, 0.717) is 5.69 Å². The fraction of sp³-hybridized carbons (Fsp3) is 0. The van der Waals surface area contributed by atoms with Gasteiger partial charge in [0, 0.05) is 22.3 Å². The SMILES string of the molecule is O=C(Nc1cc([SH](=O)=O)cc2cc(S(=O)(=O)O)c(/N=N/c3cc(Nc4nc(Cl)nc(Nc5ccc([SH](=O)=O)cc5)n4)ccc3S(=O)(=O)O)c(O)c12)c1ccccc1. The van der Waals surface area contributed by atoms with Gasteiger partial charge in [-0.05, 0) is 89.8 Å². The number of fused-ring (bicyclic) bond motifs is 1. The van der Waals surface area contributed by atoms with Gasteiger partial charge in [0.25, 0.3) is 26.1 Å². The van der Waals surface area contributed by atoms with Gasteiger partial charge in [0.15, 0.2) is 27.2 Å². The molecule has 6 N–H and O–H groups in total. The van der Waals surface area contributed by atoms with Crippen molar-refractivity contribution in [3.05, 3.63) is 102 Å². The summed E-state index contributed by atoms with van der Waals surface area (Å²) in [7, 11) is -16.5. The van der Waals surface area contributed by atoms with Crippen molar-refractivity contribution in [1.82, 2.24) is 15.0 Å². The van der Waals surface area contributed by atoms with Gasteiger partial charge in [0.05, 0.1) is 15.5 Å². The summed E-state index contributed by atoms with van der Waals surface area (Å²) in [5, 5.41) is 26.0. The van der Waals surface area contributed by atoms with Crippen molar-refractivity contribution in [2.45, 2.75) is 19.6 Å². The quantitative estimate of drug-likeness (QED) is 0.0457. The maximum Gasteiger partial charge on any atom is 0.296 e. The highest BCUT2D eigenvalue weighted by Crippen LogP contribution is 2.45. The summed E-state index contributed by atoms with van der Waals surface area (Å²) in [6.45, 7) is 0. The number of benzene rings is 5. The van der Waals surface area contributed by atoms with Gasteiger partial charge in [-0.3, -0.25) is 13.9 Å². The molecule has 1 amide bonds. The number of amides is 1. The van der Waals surface area contributed by atoms with Gasteiger partial charge in [-0.15, -0.1) is 10.2 Å². The smallest absolute Gasteiger partial charge is 0.296 e. The molecule has 0 saturated carbocycles. The van der Waals surface area contributed by atoms with E-state index >= 15 is 0 Å². The van der Waals surface area contributed by atoms with Crippen molar-refractivity contribution < 1.29 is 52.7 Å². The summed E-state index contributed by atoms with van der Waals surface area (Å²) < 4.78 is 116. The van der Waals surface area contributed by atoms with Crippen molar-refractivity contribution in [2.24, 2.45) is 10.2 Å². The van der Waals surface area contributed by atoms with Crippen molar-refractivity contribution in [3.8, 4) is 5.75 Å². The Kier molecular flexibility index (Phi) is 11.5. The topological polar surface area (TPSA) is 314 Å². The highest BCUT2D eigenvalue weighted by Gasteiger charge is 2.26. The fourth-order valence-corrected chi connectivity index (χ4v) is 7.43. The summed E-state index contributed by atoms with van der Waals surface area (Å²) in [6, 6.07) is 18.9. The lowest BCUT2D eigenvalue weighted by Crippen LogP contribution is -2.12. The maximum atomic E-state index is 13.1. The summed E-state index contributed by atoms with van der Waals surface area (Å²) in [6.07, 6.45) is 0. The first-order chi connectivity index (χ1) is 26.9. The van der Waals surface area contributed by atoms with E-state index in [4.69, 9.17) is 11.6 Å². The van der Waals surface area contributed by atoms with Crippen LogP contribution in [0.1, 0.15) is 10.4 Å². The summed E-state index contributed by atoms with van der Waals surface area (Å²) in [5.74, 6) is -2.12. The first-order valence-electron chi connectivity index (χ1n) is 15.4. The minimum absolute atomic E-state index is 0.0175. The summed E-state index contributed by atoms with van der Waals surface area (Å²) in [5.41, 5.74) is -1.48. The Hall–Kier alpha value is -6.15. The largest absolute Gasteiger partial charge is 0.505 e. The zero-order valence-electron chi connectivity index (χ0n) is 28.0. The molecule has 0 fully saturated rings. The second-order valence-corrected chi connectivity index (χ2v) is 16.6.